The van der Waals surface area contributed by atoms with E-state index < -0.39 is 5.60 Å². The van der Waals surface area contributed by atoms with Gasteiger partial charge in [-0.3, -0.25) is 4.98 Å². The van der Waals surface area contributed by atoms with Crippen molar-refractivity contribution >= 4 is 6.09 Å². The Morgan fingerprint density at radius 2 is 2.09 bits per heavy atom. The molecule has 0 N–H and O–H groups in total. The number of carbonyl (C=O) groups excluding carboxylic acids is 1. The lowest BCUT2D eigenvalue weighted by Crippen LogP contribution is -2.55. The van der Waals surface area contributed by atoms with E-state index in [2.05, 4.69) is 10.1 Å². The lowest BCUT2D eigenvalue weighted by Gasteiger charge is -2.40. The Morgan fingerprint density at radius 1 is 1.22 bits per heavy atom. The van der Waals surface area contributed by atoms with E-state index in [1.54, 1.807) is 17.3 Å². The molecular weight excluding hydrogens is 414 g/mol. The minimum atomic E-state index is -0.513. The van der Waals surface area contributed by atoms with E-state index in [4.69, 9.17) is 23.5 Å². The molecule has 2 fully saturated rings. The van der Waals surface area contributed by atoms with Crippen molar-refractivity contribution < 1.29 is 28.3 Å². The number of rotatable bonds is 7. The summed E-state index contributed by atoms with van der Waals surface area (Å²) in [6.07, 6.45) is 6.83. The summed E-state index contributed by atoms with van der Waals surface area (Å²) in [5, 5.41) is 4.08. The number of hydrogen-bond acceptors (Lipinski definition) is 8. The van der Waals surface area contributed by atoms with Crippen molar-refractivity contribution in [3.63, 3.8) is 0 Å². The average molecular weight is 446 g/mol. The largest absolute Gasteiger partial charge is 0.490 e. The first-order valence-electron chi connectivity index (χ1n) is 11.1. The molecule has 174 valence electrons. The highest BCUT2D eigenvalue weighted by atomic mass is 16.7. The molecule has 0 saturated carbocycles. The molecule has 1 unspecified atom stereocenters. The summed E-state index contributed by atoms with van der Waals surface area (Å²) in [4.78, 5) is 18.2. The number of ether oxygens (including phenoxy) is 4. The zero-order valence-electron chi connectivity index (χ0n) is 18.9. The van der Waals surface area contributed by atoms with Crippen LogP contribution in [-0.2, 0) is 20.8 Å². The molecule has 4 heterocycles. The monoisotopic (exact) mass is 445 g/mol. The van der Waals surface area contributed by atoms with Crippen LogP contribution >= 0.6 is 0 Å². The molecule has 2 aromatic heterocycles. The Balaban J connectivity index is 1.29. The minimum Gasteiger partial charge on any atom is -0.490 e. The number of aromatic nitrogens is 2. The zero-order chi connectivity index (χ0) is 22.6. The summed E-state index contributed by atoms with van der Waals surface area (Å²) in [6.45, 7) is 7.70. The highest BCUT2D eigenvalue weighted by molar-refractivity contribution is 5.69. The zero-order valence-corrected chi connectivity index (χ0v) is 18.9. The fraction of sp³-hybridized carbons (Fsp3) is 0.609. The number of likely N-dealkylation sites (tertiary alicyclic amines) is 1. The van der Waals surface area contributed by atoms with Crippen LogP contribution in [0.1, 0.15) is 52.1 Å². The molecule has 2 aliphatic rings. The number of carbonyl (C=O) groups is 1. The maximum Gasteiger partial charge on any atom is 0.410 e. The van der Waals surface area contributed by atoms with Crippen LogP contribution in [0.25, 0.3) is 11.3 Å². The van der Waals surface area contributed by atoms with Gasteiger partial charge in [-0.2, -0.15) is 0 Å². The molecule has 0 aromatic carbocycles. The summed E-state index contributed by atoms with van der Waals surface area (Å²) >= 11 is 0. The van der Waals surface area contributed by atoms with Gasteiger partial charge in [-0.1, -0.05) is 5.16 Å². The summed E-state index contributed by atoms with van der Waals surface area (Å²) in [5.41, 5.74) is 0.941. The molecular formula is C23H31N3O6. The van der Waals surface area contributed by atoms with Gasteiger partial charge in [-0.15, -0.1) is 0 Å². The summed E-state index contributed by atoms with van der Waals surface area (Å²) in [7, 11) is 0. The van der Waals surface area contributed by atoms with Crippen molar-refractivity contribution in [3.8, 4) is 17.1 Å². The van der Waals surface area contributed by atoms with E-state index in [1.807, 2.05) is 32.9 Å². The topological polar surface area (TPSA) is 96.2 Å². The second-order valence-electron chi connectivity index (χ2n) is 9.13. The SMILES string of the molecule is CC(C)(C)OC(=O)N1CC[C@H]1COc1cncc(-c2cc(COC3CCCCO3)no2)c1. The Hall–Kier alpha value is -2.65. The van der Waals surface area contributed by atoms with Gasteiger partial charge in [-0.05, 0) is 52.5 Å². The third-order valence-corrected chi connectivity index (χ3v) is 5.33. The van der Waals surface area contributed by atoms with Gasteiger partial charge in [0.1, 0.15) is 23.7 Å². The molecule has 9 nitrogen and oxygen atoms in total. The van der Waals surface area contributed by atoms with Gasteiger partial charge >= 0.3 is 6.09 Å². The standard InChI is InChI=1S/C23H31N3O6/c1-23(2,3)31-22(27)26-8-7-18(26)15-29-19-10-16(12-24-13-19)20-11-17(25-32-20)14-30-21-6-4-5-9-28-21/h10-13,18,21H,4-9,14-15H2,1-3H3/t18-,21?/m0/s1. The maximum atomic E-state index is 12.3. The van der Waals surface area contributed by atoms with E-state index >= 15 is 0 Å². The number of hydrogen-bond donors (Lipinski definition) is 0. The quantitative estimate of drug-likeness (QED) is 0.627. The molecule has 1 amide bonds. The molecule has 0 radical (unpaired) electrons. The van der Waals surface area contributed by atoms with Gasteiger partial charge in [0.15, 0.2) is 12.1 Å². The lowest BCUT2D eigenvalue weighted by atomic mass is 10.1. The van der Waals surface area contributed by atoms with Crippen LogP contribution < -0.4 is 4.74 Å². The summed E-state index contributed by atoms with van der Waals surface area (Å²) < 4.78 is 28.1. The van der Waals surface area contributed by atoms with Gasteiger partial charge in [0, 0.05) is 31.0 Å². The van der Waals surface area contributed by atoms with Gasteiger partial charge in [-0.25, -0.2) is 4.79 Å². The molecule has 0 aliphatic carbocycles. The highest BCUT2D eigenvalue weighted by Crippen LogP contribution is 2.26. The van der Waals surface area contributed by atoms with E-state index in [9.17, 15) is 4.79 Å². The van der Waals surface area contributed by atoms with Crippen LogP contribution in [0, 0.1) is 0 Å². The Kier molecular flexibility index (Phi) is 6.95. The van der Waals surface area contributed by atoms with Crippen LogP contribution in [0.4, 0.5) is 4.79 Å². The van der Waals surface area contributed by atoms with Crippen LogP contribution in [0.3, 0.4) is 0 Å². The fourth-order valence-corrected chi connectivity index (χ4v) is 3.54. The second kappa shape index (κ2) is 9.87. The Bertz CT molecular complexity index is 903. The first-order valence-corrected chi connectivity index (χ1v) is 11.1. The van der Waals surface area contributed by atoms with E-state index in [0.717, 1.165) is 37.9 Å². The van der Waals surface area contributed by atoms with E-state index in [-0.39, 0.29) is 18.4 Å². The third-order valence-electron chi connectivity index (χ3n) is 5.33. The van der Waals surface area contributed by atoms with Crippen LogP contribution in [0.5, 0.6) is 5.75 Å². The first-order chi connectivity index (χ1) is 15.4. The third kappa shape index (κ3) is 5.98. The van der Waals surface area contributed by atoms with Crippen LogP contribution in [0.15, 0.2) is 29.0 Å². The Morgan fingerprint density at radius 3 is 2.81 bits per heavy atom. The molecule has 0 bridgehead atoms. The van der Waals surface area contributed by atoms with Gasteiger partial charge in [0.2, 0.25) is 0 Å². The van der Waals surface area contributed by atoms with Crippen molar-refractivity contribution in [3.05, 3.63) is 30.2 Å². The number of nitrogens with zero attached hydrogens (tertiary/aromatic N) is 3. The number of amides is 1. The van der Waals surface area contributed by atoms with Gasteiger partial charge < -0.3 is 28.4 Å². The predicted molar refractivity (Wildman–Crippen MR) is 115 cm³/mol. The second-order valence-corrected chi connectivity index (χ2v) is 9.13. The molecule has 4 rings (SSSR count). The first kappa shape index (κ1) is 22.5. The van der Waals surface area contributed by atoms with Crippen molar-refractivity contribution in [2.45, 2.75) is 71.0 Å². The van der Waals surface area contributed by atoms with Crippen LogP contribution in [0.2, 0.25) is 0 Å². The van der Waals surface area contributed by atoms with Gasteiger partial charge in [0.25, 0.3) is 0 Å². The molecule has 9 heteroatoms. The smallest absolute Gasteiger partial charge is 0.410 e. The van der Waals surface area contributed by atoms with E-state index in [0.29, 0.717) is 37.0 Å². The van der Waals surface area contributed by atoms with Crippen molar-refractivity contribution in [1.82, 2.24) is 15.0 Å². The van der Waals surface area contributed by atoms with Crippen molar-refractivity contribution in [2.75, 3.05) is 19.8 Å². The highest BCUT2D eigenvalue weighted by Gasteiger charge is 2.35. The lowest BCUT2D eigenvalue weighted by molar-refractivity contribution is -0.169. The normalized spacial score (nSPS) is 21.2. The molecule has 2 saturated heterocycles. The molecule has 32 heavy (non-hydrogen) atoms. The fourth-order valence-electron chi connectivity index (χ4n) is 3.54. The maximum absolute atomic E-state index is 12.3. The van der Waals surface area contributed by atoms with E-state index in [1.165, 1.54) is 0 Å². The molecule has 2 aromatic rings. The number of pyridine rings is 1. The van der Waals surface area contributed by atoms with Crippen molar-refractivity contribution in [2.24, 2.45) is 0 Å². The summed E-state index contributed by atoms with van der Waals surface area (Å²) in [6, 6.07) is 3.67. The predicted octanol–water partition coefficient (Wildman–Crippen LogP) is 4.17. The summed E-state index contributed by atoms with van der Waals surface area (Å²) in [5.74, 6) is 1.19. The average Bonchev–Trinajstić information content (AvgIpc) is 3.20. The minimum absolute atomic E-state index is 0.00968. The van der Waals surface area contributed by atoms with Crippen LogP contribution in [-0.4, -0.2) is 58.8 Å². The molecule has 0 spiro atoms. The van der Waals surface area contributed by atoms with Crippen molar-refractivity contribution in [1.29, 1.82) is 0 Å². The molecule has 2 atom stereocenters. The van der Waals surface area contributed by atoms with Gasteiger partial charge in [0.05, 0.1) is 18.8 Å². The molecule has 2 aliphatic heterocycles. The Labute approximate surface area is 188 Å².